The van der Waals surface area contributed by atoms with E-state index in [1.54, 1.807) is 7.05 Å². The number of rotatable bonds is 4. The van der Waals surface area contributed by atoms with Gasteiger partial charge < -0.3 is 5.32 Å². The number of hydrogen-bond donors (Lipinski definition) is 1. The molecule has 1 unspecified atom stereocenters. The first-order valence-electron chi connectivity index (χ1n) is 5.46. The van der Waals surface area contributed by atoms with E-state index in [9.17, 15) is 4.79 Å². The van der Waals surface area contributed by atoms with Crippen LogP contribution in [0.2, 0.25) is 0 Å². The molecule has 16 heavy (non-hydrogen) atoms. The lowest BCUT2D eigenvalue weighted by Gasteiger charge is -2.18. The number of nitrogens with one attached hydrogen (secondary N) is 1. The van der Waals surface area contributed by atoms with Crippen LogP contribution in [0.5, 0.6) is 0 Å². The van der Waals surface area contributed by atoms with Crippen LogP contribution in [0.25, 0.3) is 0 Å². The Morgan fingerprint density at radius 3 is 2.50 bits per heavy atom. The van der Waals surface area contributed by atoms with E-state index in [4.69, 9.17) is 0 Å². The van der Waals surface area contributed by atoms with Crippen molar-refractivity contribution in [3.05, 3.63) is 35.9 Å². The molecule has 0 heterocycles. The van der Waals surface area contributed by atoms with Gasteiger partial charge >= 0.3 is 0 Å². The predicted octanol–water partition coefficient (Wildman–Crippen LogP) is 2.34. The van der Waals surface area contributed by atoms with Crippen LogP contribution in [0.15, 0.2) is 35.3 Å². The lowest BCUT2D eigenvalue weighted by molar-refractivity contribution is -0.120. The molecule has 0 saturated heterocycles. The van der Waals surface area contributed by atoms with Gasteiger partial charge in [-0.15, -0.1) is 0 Å². The van der Waals surface area contributed by atoms with Crippen LogP contribution in [-0.4, -0.2) is 18.7 Å². The number of hydrogen-bond acceptors (Lipinski definition) is 2. The summed E-state index contributed by atoms with van der Waals surface area (Å²) in [5, 5.41) is 3.13. The maximum absolute atomic E-state index is 11.8. The van der Waals surface area contributed by atoms with Gasteiger partial charge in [0.2, 0.25) is 0 Å². The van der Waals surface area contributed by atoms with E-state index in [1.165, 1.54) is 0 Å². The Hall–Kier alpha value is -1.64. The van der Waals surface area contributed by atoms with E-state index >= 15 is 0 Å². The fourth-order valence-electron chi connectivity index (χ4n) is 1.47. The van der Waals surface area contributed by atoms with Crippen molar-refractivity contribution < 1.29 is 4.79 Å². The predicted molar refractivity (Wildman–Crippen MR) is 66.6 cm³/mol. The van der Waals surface area contributed by atoms with Gasteiger partial charge in [-0.25, -0.2) is 0 Å². The summed E-state index contributed by atoms with van der Waals surface area (Å²) in [7, 11) is 1.71. The highest BCUT2D eigenvalue weighted by Gasteiger charge is 2.18. The molecule has 0 aliphatic carbocycles. The number of benzene rings is 1. The Labute approximate surface area is 96.6 Å². The number of carbonyl (C=O) groups is 1. The second-order valence-electron chi connectivity index (χ2n) is 3.62. The molecule has 0 fully saturated rings. The first kappa shape index (κ1) is 12.4. The molecule has 0 saturated carbocycles. The second kappa shape index (κ2) is 6.05. The third kappa shape index (κ3) is 3.19. The summed E-state index contributed by atoms with van der Waals surface area (Å²) in [6, 6.07) is 9.44. The van der Waals surface area contributed by atoms with Crippen molar-refractivity contribution in [3.8, 4) is 0 Å². The van der Waals surface area contributed by atoms with Crippen LogP contribution in [0.4, 0.5) is 0 Å². The van der Waals surface area contributed by atoms with Crippen molar-refractivity contribution in [1.29, 1.82) is 0 Å². The maximum Gasteiger partial charge on any atom is 0.159 e. The van der Waals surface area contributed by atoms with E-state index in [0.717, 1.165) is 11.4 Å². The number of aliphatic imine (C=N–C) groups is 1. The number of ketones is 1. The van der Waals surface area contributed by atoms with Gasteiger partial charge in [0.1, 0.15) is 6.04 Å². The molecule has 1 aromatic rings. The average Bonchev–Trinajstić information content (AvgIpc) is 2.35. The molecular formula is C13H18N2O. The molecule has 1 rings (SSSR count). The summed E-state index contributed by atoms with van der Waals surface area (Å²) in [5.74, 6) is 0.949. The van der Waals surface area contributed by atoms with Crippen LogP contribution in [-0.2, 0) is 4.79 Å². The van der Waals surface area contributed by atoms with Crippen LogP contribution in [0.3, 0.4) is 0 Å². The lowest BCUT2D eigenvalue weighted by atomic mass is 10.0. The zero-order valence-electron chi connectivity index (χ0n) is 10.0. The second-order valence-corrected chi connectivity index (χ2v) is 3.62. The molecule has 0 spiro atoms. The summed E-state index contributed by atoms with van der Waals surface area (Å²) in [4.78, 5) is 15.9. The van der Waals surface area contributed by atoms with Gasteiger partial charge in [-0.2, -0.15) is 0 Å². The molecule has 0 aliphatic heterocycles. The zero-order chi connectivity index (χ0) is 12.0. The Morgan fingerprint density at radius 1 is 1.38 bits per heavy atom. The molecular weight excluding hydrogens is 200 g/mol. The van der Waals surface area contributed by atoms with E-state index < -0.39 is 0 Å². The van der Waals surface area contributed by atoms with Gasteiger partial charge in [0.25, 0.3) is 0 Å². The highest BCUT2D eigenvalue weighted by atomic mass is 16.1. The van der Waals surface area contributed by atoms with Crippen molar-refractivity contribution in [2.24, 2.45) is 4.99 Å². The molecule has 1 aromatic carbocycles. The third-order valence-corrected chi connectivity index (χ3v) is 2.49. The number of carbonyl (C=O) groups excluding carboxylic acids is 1. The van der Waals surface area contributed by atoms with Crippen LogP contribution in [0.1, 0.15) is 31.9 Å². The quantitative estimate of drug-likeness (QED) is 0.622. The molecule has 3 heteroatoms. The van der Waals surface area contributed by atoms with Gasteiger partial charge in [-0.3, -0.25) is 9.79 Å². The molecule has 0 aromatic heterocycles. The summed E-state index contributed by atoms with van der Waals surface area (Å²) in [6.45, 7) is 3.73. The Kier molecular flexibility index (Phi) is 4.70. The fraction of sp³-hybridized carbons (Fsp3) is 0.385. The number of nitrogens with zero attached hydrogens (tertiary/aromatic N) is 1. The van der Waals surface area contributed by atoms with Gasteiger partial charge in [0.05, 0.1) is 5.84 Å². The van der Waals surface area contributed by atoms with E-state index in [1.807, 2.05) is 44.2 Å². The van der Waals surface area contributed by atoms with Crippen LogP contribution >= 0.6 is 0 Å². The first-order chi connectivity index (χ1) is 7.69. The first-order valence-corrected chi connectivity index (χ1v) is 5.46. The van der Waals surface area contributed by atoms with Gasteiger partial charge in [0.15, 0.2) is 5.78 Å². The summed E-state index contributed by atoms with van der Waals surface area (Å²) >= 11 is 0. The van der Waals surface area contributed by atoms with E-state index in [-0.39, 0.29) is 11.8 Å². The molecule has 0 bridgehead atoms. The van der Waals surface area contributed by atoms with Crippen LogP contribution in [0, 0.1) is 0 Å². The van der Waals surface area contributed by atoms with E-state index in [0.29, 0.717) is 6.42 Å². The highest BCUT2D eigenvalue weighted by molar-refractivity contribution is 5.90. The van der Waals surface area contributed by atoms with Crippen LogP contribution < -0.4 is 5.32 Å². The minimum atomic E-state index is -0.283. The SMILES string of the molecule is CCC(=O)C(NC(C)=NC)c1ccccc1. The van der Waals surface area contributed by atoms with Crippen molar-refractivity contribution in [2.45, 2.75) is 26.3 Å². The number of Topliss-reactive ketones (excluding diaryl/α,β-unsaturated/α-hetero) is 1. The van der Waals surface area contributed by atoms with E-state index in [2.05, 4.69) is 10.3 Å². The maximum atomic E-state index is 11.8. The number of amidine groups is 1. The molecule has 0 amide bonds. The smallest absolute Gasteiger partial charge is 0.159 e. The fourth-order valence-corrected chi connectivity index (χ4v) is 1.47. The molecule has 86 valence electrons. The molecule has 0 radical (unpaired) electrons. The topological polar surface area (TPSA) is 41.5 Å². The van der Waals surface area contributed by atoms with Crippen molar-refractivity contribution in [1.82, 2.24) is 5.32 Å². The molecule has 0 aliphatic rings. The average molecular weight is 218 g/mol. The largest absolute Gasteiger partial charge is 0.360 e. The minimum Gasteiger partial charge on any atom is -0.360 e. The van der Waals surface area contributed by atoms with Crippen molar-refractivity contribution in [3.63, 3.8) is 0 Å². The Bertz CT molecular complexity index is 371. The normalized spacial score (nSPS) is 13.3. The summed E-state index contributed by atoms with van der Waals surface area (Å²) in [5.41, 5.74) is 0.984. The summed E-state index contributed by atoms with van der Waals surface area (Å²) < 4.78 is 0. The summed E-state index contributed by atoms with van der Waals surface area (Å²) in [6.07, 6.45) is 0.517. The Morgan fingerprint density at radius 2 is 2.00 bits per heavy atom. The van der Waals surface area contributed by atoms with Gasteiger partial charge in [-0.05, 0) is 12.5 Å². The van der Waals surface area contributed by atoms with Crippen molar-refractivity contribution in [2.75, 3.05) is 7.05 Å². The molecule has 1 N–H and O–H groups in total. The monoisotopic (exact) mass is 218 g/mol. The van der Waals surface area contributed by atoms with Crippen molar-refractivity contribution >= 4 is 11.6 Å². The Balaban J connectivity index is 2.92. The van der Waals surface area contributed by atoms with Gasteiger partial charge in [-0.1, -0.05) is 37.3 Å². The highest BCUT2D eigenvalue weighted by Crippen LogP contribution is 2.15. The third-order valence-electron chi connectivity index (χ3n) is 2.49. The molecule has 3 nitrogen and oxygen atoms in total. The minimum absolute atomic E-state index is 0.175. The standard InChI is InChI=1S/C13H18N2O/c1-4-12(16)13(15-10(2)14-3)11-8-6-5-7-9-11/h5-9,13H,4H2,1-3H3,(H,14,15). The zero-order valence-corrected chi connectivity index (χ0v) is 10.0. The molecule has 1 atom stereocenters. The van der Waals surface area contributed by atoms with Gasteiger partial charge in [0, 0.05) is 13.5 Å². The lowest BCUT2D eigenvalue weighted by Crippen LogP contribution is -2.32.